The average molecular weight is 303 g/mol. The molecule has 0 radical (unpaired) electrons. The van der Waals surface area contributed by atoms with E-state index in [9.17, 15) is 9.59 Å². The first kappa shape index (κ1) is 13.3. The number of aryl methyl sites for hydroxylation is 1. The van der Waals surface area contributed by atoms with E-state index in [0.717, 1.165) is 0 Å². The zero-order valence-corrected chi connectivity index (χ0v) is 12.4. The second kappa shape index (κ2) is 4.82. The molecule has 4 rings (SSSR count). The molecule has 0 unspecified atom stereocenters. The van der Waals surface area contributed by atoms with Crippen LogP contribution in [0.4, 0.5) is 0 Å². The standard InChI is InChI=1S/C14H17N5O3/c1-9-12(22-8-15-9)13(20)17-4-5-18-11(7-17)16-19(14(18)21)6-10-2-3-10/h8,10H,2-7H2,1H3. The summed E-state index contributed by atoms with van der Waals surface area (Å²) in [6.45, 7) is 3.69. The summed E-state index contributed by atoms with van der Waals surface area (Å²) in [5, 5.41) is 4.39. The van der Waals surface area contributed by atoms with E-state index in [1.807, 2.05) is 0 Å². The first-order chi connectivity index (χ1) is 10.6. The molecule has 0 bridgehead atoms. The summed E-state index contributed by atoms with van der Waals surface area (Å²) < 4.78 is 8.37. The third kappa shape index (κ3) is 2.15. The Morgan fingerprint density at radius 3 is 2.91 bits per heavy atom. The van der Waals surface area contributed by atoms with Crippen LogP contribution in [0.5, 0.6) is 0 Å². The smallest absolute Gasteiger partial charge is 0.346 e. The van der Waals surface area contributed by atoms with Gasteiger partial charge in [-0.1, -0.05) is 0 Å². The van der Waals surface area contributed by atoms with Crippen molar-refractivity contribution in [2.75, 3.05) is 6.54 Å². The third-order valence-electron chi connectivity index (χ3n) is 4.28. The van der Waals surface area contributed by atoms with Gasteiger partial charge in [0, 0.05) is 19.6 Å². The Morgan fingerprint density at radius 2 is 2.23 bits per heavy atom. The zero-order valence-electron chi connectivity index (χ0n) is 12.4. The summed E-state index contributed by atoms with van der Waals surface area (Å²) in [6, 6.07) is 0. The minimum atomic E-state index is -0.203. The highest BCUT2D eigenvalue weighted by atomic mass is 16.3. The molecule has 0 spiro atoms. The number of aromatic nitrogens is 4. The predicted molar refractivity (Wildman–Crippen MR) is 75.2 cm³/mol. The van der Waals surface area contributed by atoms with Crippen molar-refractivity contribution in [3.8, 4) is 0 Å². The highest BCUT2D eigenvalue weighted by Crippen LogP contribution is 2.30. The Kier molecular flexibility index (Phi) is 2.91. The Labute approximate surface area is 126 Å². The normalized spacial score (nSPS) is 17.6. The van der Waals surface area contributed by atoms with E-state index in [1.54, 1.807) is 21.1 Å². The number of fused-ring (bicyclic) bond motifs is 1. The van der Waals surface area contributed by atoms with Gasteiger partial charge in [-0.3, -0.25) is 9.36 Å². The SMILES string of the molecule is Cc1ncoc1C(=O)N1CCn2c(nn(CC3CC3)c2=O)C1. The van der Waals surface area contributed by atoms with Gasteiger partial charge < -0.3 is 9.32 Å². The molecule has 1 aliphatic carbocycles. The molecule has 8 heteroatoms. The minimum absolute atomic E-state index is 0.0650. The monoisotopic (exact) mass is 303 g/mol. The topological polar surface area (TPSA) is 86.2 Å². The van der Waals surface area contributed by atoms with E-state index in [1.165, 1.54) is 19.2 Å². The maximum atomic E-state index is 12.4. The molecular formula is C14H17N5O3. The van der Waals surface area contributed by atoms with Gasteiger partial charge in [-0.2, -0.15) is 5.10 Å². The predicted octanol–water partition coefficient (Wildman–Crippen LogP) is 0.407. The fourth-order valence-corrected chi connectivity index (χ4v) is 2.79. The van der Waals surface area contributed by atoms with Crippen LogP contribution in [0.3, 0.4) is 0 Å². The van der Waals surface area contributed by atoms with Crippen LogP contribution in [-0.4, -0.2) is 36.7 Å². The molecule has 0 atom stereocenters. The van der Waals surface area contributed by atoms with Crippen LogP contribution >= 0.6 is 0 Å². The number of carbonyl (C=O) groups excluding carboxylic acids is 1. The van der Waals surface area contributed by atoms with E-state index in [2.05, 4.69) is 10.1 Å². The lowest BCUT2D eigenvalue weighted by Crippen LogP contribution is -2.41. The first-order valence-electron chi connectivity index (χ1n) is 7.49. The lowest BCUT2D eigenvalue weighted by atomic mass is 10.3. The summed E-state index contributed by atoms with van der Waals surface area (Å²) in [5.41, 5.74) is 0.511. The summed E-state index contributed by atoms with van der Waals surface area (Å²) in [7, 11) is 0. The minimum Gasteiger partial charge on any atom is -0.438 e. The van der Waals surface area contributed by atoms with Gasteiger partial charge >= 0.3 is 5.69 Å². The lowest BCUT2D eigenvalue weighted by molar-refractivity contribution is 0.0673. The molecule has 0 aromatic carbocycles. The summed E-state index contributed by atoms with van der Waals surface area (Å²) >= 11 is 0. The summed E-state index contributed by atoms with van der Waals surface area (Å²) in [4.78, 5) is 30.3. The van der Waals surface area contributed by atoms with Gasteiger partial charge in [0.25, 0.3) is 5.91 Å². The molecule has 1 aliphatic heterocycles. The zero-order chi connectivity index (χ0) is 15.3. The van der Waals surface area contributed by atoms with E-state index in [-0.39, 0.29) is 17.4 Å². The molecule has 22 heavy (non-hydrogen) atoms. The first-order valence-corrected chi connectivity index (χ1v) is 7.49. The maximum Gasteiger partial charge on any atom is 0.346 e. The Balaban J connectivity index is 1.57. The van der Waals surface area contributed by atoms with E-state index < -0.39 is 0 Å². The van der Waals surface area contributed by atoms with E-state index in [4.69, 9.17) is 4.42 Å². The highest BCUT2D eigenvalue weighted by molar-refractivity contribution is 5.92. The molecule has 1 saturated carbocycles. The molecule has 2 aromatic heterocycles. The van der Waals surface area contributed by atoms with Crippen molar-refractivity contribution >= 4 is 5.91 Å². The molecule has 0 saturated heterocycles. The van der Waals surface area contributed by atoms with Crippen LogP contribution in [0.1, 0.15) is 34.9 Å². The number of carbonyl (C=O) groups is 1. The van der Waals surface area contributed by atoms with E-state index in [0.29, 0.717) is 43.6 Å². The summed E-state index contributed by atoms with van der Waals surface area (Å²) in [6.07, 6.45) is 3.61. The second-order valence-corrected chi connectivity index (χ2v) is 5.97. The number of amides is 1. The molecule has 2 aromatic rings. The van der Waals surface area contributed by atoms with Crippen molar-refractivity contribution in [3.05, 3.63) is 34.2 Å². The third-order valence-corrected chi connectivity index (χ3v) is 4.28. The van der Waals surface area contributed by atoms with Gasteiger partial charge in [-0.05, 0) is 25.7 Å². The number of hydrogen-bond acceptors (Lipinski definition) is 5. The average Bonchev–Trinajstić information content (AvgIpc) is 3.15. The van der Waals surface area contributed by atoms with Crippen LogP contribution in [-0.2, 0) is 19.6 Å². The molecule has 1 amide bonds. The van der Waals surface area contributed by atoms with Crippen LogP contribution in [0.25, 0.3) is 0 Å². The van der Waals surface area contributed by atoms with Gasteiger partial charge in [0.15, 0.2) is 12.2 Å². The van der Waals surface area contributed by atoms with Gasteiger partial charge in [-0.25, -0.2) is 14.5 Å². The fraction of sp³-hybridized carbons (Fsp3) is 0.571. The quantitative estimate of drug-likeness (QED) is 0.819. The number of nitrogens with zero attached hydrogens (tertiary/aromatic N) is 5. The largest absolute Gasteiger partial charge is 0.438 e. The summed E-state index contributed by atoms with van der Waals surface area (Å²) in [5.74, 6) is 1.28. The van der Waals surface area contributed by atoms with Crippen LogP contribution < -0.4 is 5.69 Å². The van der Waals surface area contributed by atoms with Crippen molar-refractivity contribution in [1.29, 1.82) is 0 Å². The van der Waals surface area contributed by atoms with Gasteiger partial charge in [0.1, 0.15) is 0 Å². The second-order valence-electron chi connectivity index (χ2n) is 5.97. The highest BCUT2D eigenvalue weighted by Gasteiger charge is 2.30. The maximum absolute atomic E-state index is 12.4. The van der Waals surface area contributed by atoms with Crippen molar-refractivity contribution < 1.29 is 9.21 Å². The van der Waals surface area contributed by atoms with Gasteiger partial charge in [-0.15, -0.1) is 0 Å². The van der Waals surface area contributed by atoms with Crippen molar-refractivity contribution in [1.82, 2.24) is 24.2 Å². The Bertz CT molecular complexity index is 783. The lowest BCUT2D eigenvalue weighted by Gasteiger charge is -2.25. The van der Waals surface area contributed by atoms with E-state index >= 15 is 0 Å². The molecule has 2 aliphatic rings. The Hall–Kier alpha value is -2.38. The van der Waals surface area contributed by atoms with Crippen LogP contribution in [0.15, 0.2) is 15.6 Å². The fourth-order valence-electron chi connectivity index (χ4n) is 2.79. The van der Waals surface area contributed by atoms with Crippen molar-refractivity contribution in [2.24, 2.45) is 5.92 Å². The van der Waals surface area contributed by atoms with Crippen LogP contribution in [0, 0.1) is 12.8 Å². The molecule has 0 N–H and O–H groups in total. The number of hydrogen-bond donors (Lipinski definition) is 0. The van der Waals surface area contributed by atoms with Gasteiger partial charge in [0.2, 0.25) is 5.76 Å². The molecule has 116 valence electrons. The Morgan fingerprint density at radius 1 is 1.41 bits per heavy atom. The van der Waals surface area contributed by atoms with Crippen LogP contribution in [0.2, 0.25) is 0 Å². The molecule has 1 fully saturated rings. The van der Waals surface area contributed by atoms with Gasteiger partial charge in [0.05, 0.1) is 12.2 Å². The molecule has 3 heterocycles. The molecular weight excluding hydrogens is 286 g/mol. The molecule has 8 nitrogen and oxygen atoms in total. The number of rotatable bonds is 3. The number of oxazole rings is 1. The van der Waals surface area contributed by atoms with Crippen molar-refractivity contribution in [3.63, 3.8) is 0 Å². The van der Waals surface area contributed by atoms with Crippen molar-refractivity contribution in [2.45, 2.75) is 39.4 Å².